The van der Waals surface area contributed by atoms with Crippen LogP contribution in [0.25, 0.3) is 0 Å². The summed E-state index contributed by atoms with van der Waals surface area (Å²) in [6, 6.07) is 10.5. The number of amides is 2. The molecule has 2 heterocycles. The van der Waals surface area contributed by atoms with Crippen molar-refractivity contribution in [3.05, 3.63) is 90.5 Å². The molecule has 0 aliphatic rings. The van der Waals surface area contributed by atoms with Crippen molar-refractivity contribution in [2.24, 2.45) is 0 Å². The first kappa shape index (κ1) is 46.1. The number of aromatic nitrogens is 3. The second-order valence-electron chi connectivity index (χ2n) is 9.71. The van der Waals surface area contributed by atoms with Gasteiger partial charge in [0.1, 0.15) is 10.6 Å². The maximum absolute atomic E-state index is 12.3. The van der Waals surface area contributed by atoms with E-state index in [1.165, 1.54) is 64.8 Å². The number of carbonyl (C=O) groups is 4. The van der Waals surface area contributed by atoms with E-state index in [1.807, 2.05) is 4.72 Å². The van der Waals surface area contributed by atoms with Crippen LogP contribution in [0.15, 0.2) is 48.5 Å². The van der Waals surface area contributed by atoms with Crippen LogP contribution in [-0.4, -0.2) is 92.6 Å². The molecule has 0 unspecified atom stereocenters. The predicted molar refractivity (Wildman–Crippen MR) is 200 cm³/mol. The zero-order valence-corrected chi connectivity index (χ0v) is 33.2. The summed E-state index contributed by atoms with van der Waals surface area (Å²) in [6.07, 6.45) is 0. The van der Waals surface area contributed by atoms with E-state index >= 15 is 0 Å². The number of urea groups is 1. The van der Waals surface area contributed by atoms with Gasteiger partial charge < -0.3 is 33.9 Å². The van der Waals surface area contributed by atoms with Crippen molar-refractivity contribution in [2.45, 2.75) is 5.75 Å². The number of nitrogens with zero attached hydrogens (tertiary/aromatic N) is 3. The molecule has 0 aliphatic heterocycles. The topological polar surface area (TPSA) is 252 Å². The molecule has 4 N–H and O–H groups in total. The van der Waals surface area contributed by atoms with Gasteiger partial charge in [-0.15, -0.1) is 0 Å². The number of sulfonamides is 1. The largest absolute Gasteiger partial charge is 0.494 e. The van der Waals surface area contributed by atoms with Gasteiger partial charge in [-0.25, -0.2) is 32.3 Å². The lowest BCUT2D eigenvalue weighted by atomic mass is 10.1. The Morgan fingerprint density at radius 3 is 1.89 bits per heavy atom. The van der Waals surface area contributed by atoms with Crippen LogP contribution in [0.1, 0.15) is 26.3 Å². The number of pyridine rings is 1. The number of hydrogen-bond donors (Lipinski definition) is 4. The molecule has 24 heteroatoms. The Labute approximate surface area is 337 Å². The van der Waals surface area contributed by atoms with Crippen LogP contribution in [0.5, 0.6) is 23.4 Å². The molecule has 0 saturated heterocycles. The minimum Gasteiger partial charge on any atom is -0.494 e. The number of carboxylic acid groups (broad SMARTS) is 2. The van der Waals surface area contributed by atoms with Gasteiger partial charge in [0.2, 0.25) is 33.6 Å². The summed E-state index contributed by atoms with van der Waals surface area (Å²) in [5.74, 6) is -3.57. The zero-order chi connectivity index (χ0) is 41.5. The van der Waals surface area contributed by atoms with E-state index in [-0.39, 0.29) is 71.3 Å². The molecule has 0 fully saturated rings. The van der Waals surface area contributed by atoms with Crippen LogP contribution in [-0.2, 0) is 25.3 Å². The van der Waals surface area contributed by atoms with Crippen LogP contribution in [0, 0.1) is 0 Å². The van der Waals surface area contributed by atoms with Crippen LogP contribution in [0.3, 0.4) is 0 Å². The van der Waals surface area contributed by atoms with Gasteiger partial charge in [-0.05, 0) is 29.8 Å². The Kier molecular flexibility index (Phi) is 18.2. The maximum atomic E-state index is 12.3. The second kappa shape index (κ2) is 21.7. The van der Waals surface area contributed by atoms with E-state index in [9.17, 15) is 27.6 Å². The molecule has 0 saturated carbocycles. The Morgan fingerprint density at radius 2 is 1.36 bits per heavy atom. The van der Waals surface area contributed by atoms with Crippen LogP contribution < -0.4 is 29.0 Å². The fourth-order valence-electron chi connectivity index (χ4n) is 3.73. The van der Waals surface area contributed by atoms with E-state index in [4.69, 9.17) is 87.2 Å². The van der Waals surface area contributed by atoms with Crippen molar-refractivity contribution >= 4 is 97.9 Å². The van der Waals surface area contributed by atoms with E-state index in [2.05, 4.69) is 25.0 Å². The number of ether oxygens (including phenoxy) is 5. The molecule has 4 aromatic rings. The molecule has 2 amide bonds. The first-order chi connectivity index (χ1) is 25.9. The second-order valence-corrected chi connectivity index (χ2v) is 13.4. The molecule has 2 aromatic heterocycles. The summed E-state index contributed by atoms with van der Waals surface area (Å²) in [4.78, 5) is 56.1. The molecule has 0 spiro atoms. The zero-order valence-electron chi connectivity index (χ0n) is 28.6. The summed E-state index contributed by atoms with van der Waals surface area (Å²) in [5.41, 5.74) is 0.141. The molecule has 0 radical (unpaired) electrons. The van der Waals surface area contributed by atoms with E-state index in [0.717, 1.165) is 0 Å². The molecule has 0 atom stereocenters. The first-order valence-corrected chi connectivity index (χ1v) is 18.0. The van der Waals surface area contributed by atoms with Gasteiger partial charge in [0, 0.05) is 0 Å². The van der Waals surface area contributed by atoms with E-state index in [1.54, 1.807) is 12.1 Å². The number of anilines is 1. The number of carbonyl (C=O) groups excluding carboxylic acids is 2. The Morgan fingerprint density at radius 1 is 0.764 bits per heavy atom. The van der Waals surface area contributed by atoms with Gasteiger partial charge in [0.25, 0.3) is 0 Å². The monoisotopic (exact) mass is 885 g/mol. The number of carboxylic acids is 2. The Bertz CT molecular complexity index is 2120. The molecular weight excluding hydrogens is 860 g/mol. The molecule has 0 bridgehead atoms. The molecule has 18 nitrogen and oxygen atoms in total. The minimum atomic E-state index is -4.14. The van der Waals surface area contributed by atoms with Gasteiger partial charge in [0.15, 0.2) is 17.5 Å². The molecular formula is C31H28Cl5N5O13S. The fourth-order valence-corrected chi connectivity index (χ4v) is 5.80. The van der Waals surface area contributed by atoms with Crippen LogP contribution in [0.2, 0.25) is 25.2 Å². The highest BCUT2D eigenvalue weighted by Crippen LogP contribution is 2.33. The maximum Gasteiger partial charge on any atom is 0.341 e. The van der Waals surface area contributed by atoms with Gasteiger partial charge in [-0.2, -0.15) is 15.0 Å². The highest BCUT2D eigenvalue weighted by atomic mass is 35.5. The van der Waals surface area contributed by atoms with Crippen LogP contribution >= 0.6 is 58.0 Å². The number of rotatable bonds is 12. The van der Waals surface area contributed by atoms with E-state index < -0.39 is 46.3 Å². The highest BCUT2D eigenvalue weighted by molar-refractivity contribution is 7.89. The first-order valence-electron chi connectivity index (χ1n) is 14.4. The lowest BCUT2D eigenvalue weighted by molar-refractivity contribution is -0.139. The number of hydrogen-bond acceptors (Lipinski definition) is 14. The summed E-state index contributed by atoms with van der Waals surface area (Å²) in [6.45, 7) is -0.537. The van der Waals surface area contributed by atoms with Crippen molar-refractivity contribution < 1.29 is 61.5 Å². The fraction of sp³-hybridized carbons (Fsp3) is 0.194. The summed E-state index contributed by atoms with van der Waals surface area (Å²) >= 11 is 28.2. The molecule has 55 heavy (non-hydrogen) atoms. The normalized spacial score (nSPS) is 10.3. The number of halogens is 5. The third kappa shape index (κ3) is 14.6. The van der Waals surface area contributed by atoms with Crippen LogP contribution in [0.4, 0.5) is 10.7 Å². The average molecular weight is 888 g/mol. The number of esters is 1. The minimum absolute atomic E-state index is 0.0106. The van der Waals surface area contributed by atoms with Gasteiger partial charge in [-0.1, -0.05) is 76.2 Å². The van der Waals surface area contributed by atoms with Gasteiger partial charge >= 0.3 is 23.9 Å². The standard InChI is InChI=1S/C16H18N4O7S.C8H6Cl2O3.C7H4Cl3NO3/c1-25-12-8-13(26-2)18-15(17-12)19-16(22)20-28(23,24)9-10-6-4-5-7-11(10)14(21)27-3;1-13-7-5(10)3-2-4(9)6(7)8(11)12;8-3-1-4(9)7(11-6(3)10)14-2-5(12)13/h4-8H,9H2,1-3H3,(H2,17,18,19,20,22);2-3H,1H3,(H,11,12);1H,2H2,(H,12,13). The quantitative estimate of drug-likeness (QED) is 0.0921. The summed E-state index contributed by atoms with van der Waals surface area (Å²) < 4.78 is 50.5. The molecule has 4 rings (SSSR count). The molecule has 0 aliphatic carbocycles. The Hall–Kier alpha value is -5.05. The predicted octanol–water partition coefficient (Wildman–Crippen LogP) is 6.14. The summed E-state index contributed by atoms with van der Waals surface area (Å²) in [5, 5.41) is 19.9. The number of nitrogens with one attached hydrogen (secondary N) is 2. The Balaban J connectivity index is 0.000000322. The lowest BCUT2D eigenvalue weighted by Gasteiger charge is -2.11. The van der Waals surface area contributed by atoms with Crippen molar-refractivity contribution in [3.8, 4) is 23.4 Å². The van der Waals surface area contributed by atoms with Crippen molar-refractivity contribution in [3.63, 3.8) is 0 Å². The molecule has 296 valence electrons. The summed E-state index contributed by atoms with van der Waals surface area (Å²) in [7, 11) is 1.09. The third-order valence-corrected chi connectivity index (χ3v) is 8.75. The number of benzene rings is 2. The SMILES string of the molecule is COC(=O)c1ccccc1CS(=O)(=O)NC(=O)Nc1nc(OC)cc(OC)n1.COc1c(Cl)ccc(Cl)c1C(=O)O.O=C(O)COc1nc(Cl)c(Cl)cc1Cl. The van der Waals surface area contributed by atoms with Crippen molar-refractivity contribution in [2.75, 3.05) is 40.4 Å². The average Bonchev–Trinajstić information content (AvgIpc) is 3.12. The van der Waals surface area contributed by atoms with Crippen molar-refractivity contribution in [1.82, 2.24) is 19.7 Å². The number of aromatic carboxylic acids is 1. The third-order valence-electron chi connectivity index (χ3n) is 6.00. The molecule has 2 aromatic carbocycles. The van der Waals surface area contributed by atoms with Gasteiger partial charge in [0.05, 0.1) is 60.9 Å². The smallest absolute Gasteiger partial charge is 0.341 e. The number of methoxy groups -OCH3 is 4. The van der Waals surface area contributed by atoms with E-state index in [0.29, 0.717) is 0 Å². The lowest BCUT2D eigenvalue weighted by Crippen LogP contribution is -2.36. The number of aliphatic carboxylic acids is 1. The van der Waals surface area contributed by atoms with Gasteiger partial charge in [-0.3, -0.25) is 5.32 Å². The van der Waals surface area contributed by atoms with Crippen molar-refractivity contribution in [1.29, 1.82) is 0 Å². The highest BCUT2D eigenvalue weighted by Gasteiger charge is 2.21.